The summed E-state index contributed by atoms with van der Waals surface area (Å²) in [6, 6.07) is -1.77. The smallest absolute Gasteiger partial charge is 0.321 e. The maximum absolute atomic E-state index is 10.6. The van der Waals surface area contributed by atoms with Crippen molar-refractivity contribution in [2.45, 2.75) is 31.3 Å². The number of nitrogens with two attached hydrogens (primary N) is 1. The van der Waals surface area contributed by atoms with Crippen LogP contribution in [0.1, 0.15) is 19.3 Å². The van der Waals surface area contributed by atoms with E-state index in [-0.39, 0.29) is 19.4 Å². The molecule has 17 heavy (non-hydrogen) atoms. The van der Waals surface area contributed by atoms with Gasteiger partial charge in [-0.25, -0.2) is 0 Å². The van der Waals surface area contributed by atoms with Crippen molar-refractivity contribution in [2.75, 3.05) is 6.54 Å². The van der Waals surface area contributed by atoms with Crippen LogP contribution in [0.15, 0.2) is 0 Å². The SMILES string of the molecule is NC(CCNC(CC(=O)O)C(=O)O)CC(=O)O. The van der Waals surface area contributed by atoms with E-state index >= 15 is 0 Å². The van der Waals surface area contributed by atoms with Crippen molar-refractivity contribution in [3.63, 3.8) is 0 Å². The zero-order valence-corrected chi connectivity index (χ0v) is 9.13. The lowest BCUT2D eigenvalue weighted by atomic mass is 10.1. The summed E-state index contributed by atoms with van der Waals surface area (Å²) in [6.45, 7) is 0.151. The Morgan fingerprint density at radius 2 is 1.59 bits per heavy atom. The number of carbonyl (C=O) groups is 3. The standard InChI is InChI=1S/C9H16N2O6/c10-5(3-7(12)13)1-2-11-6(9(16)17)4-8(14)15/h5-6,11H,1-4,10H2,(H,12,13)(H,14,15)(H,16,17). The summed E-state index contributed by atoms with van der Waals surface area (Å²) in [5, 5.41) is 28.1. The highest BCUT2D eigenvalue weighted by Crippen LogP contribution is 1.97. The van der Waals surface area contributed by atoms with Gasteiger partial charge in [-0.2, -0.15) is 0 Å². The van der Waals surface area contributed by atoms with Crippen molar-refractivity contribution in [1.29, 1.82) is 0 Å². The van der Waals surface area contributed by atoms with Crippen molar-refractivity contribution in [3.05, 3.63) is 0 Å². The minimum Gasteiger partial charge on any atom is -0.481 e. The predicted molar refractivity (Wildman–Crippen MR) is 56.5 cm³/mol. The second-order valence-electron chi connectivity index (χ2n) is 3.59. The Labute approximate surface area is 97.4 Å². The monoisotopic (exact) mass is 248 g/mol. The second-order valence-corrected chi connectivity index (χ2v) is 3.59. The normalized spacial score (nSPS) is 13.9. The third-order valence-electron chi connectivity index (χ3n) is 2.02. The Balaban J connectivity index is 3.93. The molecule has 0 aromatic heterocycles. The number of nitrogens with one attached hydrogen (secondary N) is 1. The largest absolute Gasteiger partial charge is 0.481 e. The van der Waals surface area contributed by atoms with E-state index in [1.807, 2.05) is 0 Å². The molecule has 0 aliphatic rings. The Bertz CT molecular complexity index is 293. The average Bonchev–Trinajstić information content (AvgIpc) is 2.13. The summed E-state index contributed by atoms with van der Waals surface area (Å²) in [6.07, 6.45) is -0.489. The van der Waals surface area contributed by atoms with Gasteiger partial charge in [0.25, 0.3) is 0 Å². The van der Waals surface area contributed by atoms with Gasteiger partial charge >= 0.3 is 17.9 Å². The molecular weight excluding hydrogens is 232 g/mol. The number of carboxylic acid groups (broad SMARTS) is 3. The Morgan fingerprint density at radius 3 is 2.00 bits per heavy atom. The number of hydrogen-bond acceptors (Lipinski definition) is 5. The molecule has 0 spiro atoms. The number of hydrogen-bond donors (Lipinski definition) is 5. The first-order chi connectivity index (χ1) is 7.82. The van der Waals surface area contributed by atoms with E-state index in [2.05, 4.69) is 5.32 Å². The van der Waals surface area contributed by atoms with Crippen molar-refractivity contribution in [1.82, 2.24) is 5.32 Å². The number of rotatable bonds is 9. The minimum atomic E-state index is -1.26. The molecule has 6 N–H and O–H groups in total. The molecule has 0 aliphatic heterocycles. The van der Waals surface area contributed by atoms with Crippen molar-refractivity contribution >= 4 is 17.9 Å². The maximum atomic E-state index is 10.6. The zero-order valence-electron chi connectivity index (χ0n) is 9.13. The van der Waals surface area contributed by atoms with E-state index in [9.17, 15) is 14.4 Å². The first-order valence-electron chi connectivity index (χ1n) is 4.98. The van der Waals surface area contributed by atoms with Crippen molar-refractivity contribution in [2.24, 2.45) is 5.73 Å². The second kappa shape index (κ2) is 7.58. The highest BCUT2D eigenvalue weighted by molar-refractivity contribution is 5.80. The van der Waals surface area contributed by atoms with Crippen molar-refractivity contribution in [3.8, 4) is 0 Å². The molecule has 2 atom stereocenters. The first-order valence-corrected chi connectivity index (χ1v) is 4.98. The van der Waals surface area contributed by atoms with Crippen molar-refractivity contribution < 1.29 is 29.7 Å². The molecule has 0 saturated heterocycles. The summed E-state index contributed by atoms with van der Waals surface area (Å²) in [5.41, 5.74) is 5.45. The summed E-state index contributed by atoms with van der Waals surface area (Å²) >= 11 is 0. The minimum absolute atomic E-state index is 0.151. The molecule has 0 fully saturated rings. The van der Waals surface area contributed by atoms with Gasteiger partial charge in [0.15, 0.2) is 0 Å². The molecule has 0 bridgehead atoms. The Morgan fingerprint density at radius 1 is 1.06 bits per heavy atom. The number of carboxylic acids is 3. The van der Waals surface area contributed by atoms with Crippen LogP contribution in [-0.2, 0) is 14.4 Å². The van der Waals surface area contributed by atoms with Crippen LogP contribution in [0.4, 0.5) is 0 Å². The van der Waals surface area contributed by atoms with E-state index in [4.69, 9.17) is 21.1 Å². The van der Waals surface area contributed by atoms with Crippen LogP contribution in [-0.4, -0.2) is 51.9 Å². The van der Waals surface area contributed by atoms with Crippen LogP contribution >= 0.6 is 0 Å². The molecule has 2 unspecified atom stereocenters. The van der Waals surface area contributed by atoms with Gasteiger partial charge in [0.1, 0.15) is 6.04 Å². The van der Waals surface area contributed by atoms with Crippen LogP contribution in [0, 0.1) is 0 Å². The van der Waals surface area contributed by atoms with E-state index in [1.165, 1.54) is 0 Å². The molecule has 0 saturated carbocycles. The van der Waals surface area contributed by atoms with Gasteiger partial charge in [-0.3, -0.25) is 14.4 Å². The fourth-order valence-electron chi connectivity index (χ4n) is 1.19. The van der Waals surface area contributed by atoms with Gasteiger partial charge in [-0.15, -0.1) is 0 Å². The van der Waals surface area contributed by atoms with Gasteiger partial charge in [0, 0.05) is 6.04 Å². The molecule has 0 aromatic carbocycles. The fourth-order valence-corrected chi connectivity index (χ4v) is 1.19. The third-order valence-corrected chi connectivity index (χ3v) is 2.02. The lowest BCUT2D eigenvalue weighted by molar-refractivity contribution is -0.145. The summed E-state index contributed by atoms with van der Waals surface area (Å²) < 4.78 is 0. The summed E-state index contributed by atoms with van der Waals surface area (Å²) in [7, 11) is 0. The quantitative estimate of drug-likeness (QED) is 0.337. The van der Waals surface area contributed by atoms with Crippen LogP contribution in [0.5, 0.6) is 0 Å². The zero-order chi connectivity index (χ0) is 13.4. The molecule has 98 valence electrons. The number of aliphatic carboxylic acids is 3. The van der Waals surface area contributed by atoms with E-state index in [1.54, 1.807) is 0 Å². The lowest BCUT2D eigenvalue weighted by Gasteiger charge is -2.14. The highest BCUT2D eigenvalue weighted by atomic mass is 16.4. The van der Waals surface area contributed by atoms with E-state index in [0.717, 1.165) is 0 Å². The van der Waals surface area contributed by atoms with Crippen LogP contribution in [0.25, 0.3) is 0 Å². The molecule has 0 amide bonds. The van der Waals surface area contributed by atoms with Gasteiger partial charge in [-0.1, -0.05) is 0 Å². The van der Waals surface area contributed by atoms with E-state index in [0.29, 0.717) is 0 Å². The molecule has 8 heteroatoms. The predicted octanol–water partition coefficient (Wildman–Crippen LogP) is -1.30. The van der Waals surface area contributed by atoms with Crippen LogP contribution < -0.4 is 11.1 Å². The molecule has 0 aliphatic carbocycles. The van der Waals surface area contributed by atoms with E-state index < -0.39 is 36.4 Å². The third kappa shape index (κ3) is 8.17. The van der Waals surface area contributed by atoms with Gasteiger partial charge < -0.3 is 26.4 Å². The average molecular weight is 248 g/mol. The molecule has 8 nitrogen and oxygen atoms in total. The molecular formula is C9H16N2O6. The van der Waals surface area contributed by atoms with Crippen LogP contribution in [0.2, 0.25) is 0 Å². The molecule has 0 aromatic rings. The summed E-state index contributed by atoms with van der Waals surface area (Å²) in [5.74, 6) is -3.52. The molecule has 0 rings (SSSR count). The molecule has 0 radical (unpaired) electrons. The topological polar surface area (TPSA) is 150 Å². The van der Waals surface area contributed by atoms with Gasteiger partial charge in [-0.05, 0) is 13.0 Å². The first kappa shape index (κ1) is 15.3. The summed E-state index contributed by atoms with van der Waals surface area (Å²) in [4.78, 5) is 31.3. The lowest BCUT2D eigenvalue weighted by Crippen LogP contribution is -2.40. The Kier molecular flexibility index (Phi) is 6.83. The fraction of sp³-hybridized carbons (Fsp3) is 0.667. The van der Waals surface area contributed by atoms with Gasteiger partial charge in [0.05, 0.1) is 12.8 Å². The molecule has 0 heterocycles. The Hall–Kier alpha value is -1.67. The maximum Gasteiger partial charge on any atom is 0.321 e. The van der Waals surface area contributed by atoms with Crippen LogP contribution in [0.3, 0.4) is 0 Å². The van der Waals surface area contributed by atoms with Gasteiger partial charge in [0.2, 0.25) is 0 Å². The highest BCUT2D eigenvalue weighted by Gasteiger charge is 2.20.